The maximum absolute atomic E-state index is 13.3. The van der Waals surface area contributed by atoms with Crippen molar-refractivity contribution >= 4 is 17.5 Å². The van der Waals surface area contributed by atoms with E-state index in [1.807, 2.05) is 40.8 Å². The summed E-state index contributed by atoms with van der Waals surface area (Å²) in [4.78, 5) is 16.7. The van der Waals surface area contributed by atoms with E-state index in [1.54, 1.807) is 0 Å². The number of hydrogen-bond acceptors (Lipinski definition) is 2. The van der Waals surface area contributed by atoms with Crippen LogP contribution in [0.25, 0.3) is 5.69 Å². The molecule has 1 fully saturated rings. The van der Waals surface area contributed by atoms with Crippen molar-refractivity contribution in [3.8, 4) is 5.69 Å². The Kier molecular flexibility index (Phi) is 5.68. The monoisotopic (exact) mass is 375 g/mol. The number of piperazine rings is 1. The van der Waals surface area contributed by atoms with Gasteiger partial charge in [-0.25, -0.2) is 4.68 Å². The van der Waals surface area contributed by atoms with Crippen molar-refractivity contribution < 1.29 is 9.69 Å². The molecular formula is C20H28ClN4O+. The van der Waals surface area contributed by atoms with Gasteiger partial charge >= 0.3 is 0 Å². The Morgan fingerprint density at radius 3 is 2.62 bits per heavy atom. The molecule has 2 heterocycles. The minimum atomic E-state index is 0.110. The molecule has 1 aromatic carbocycles. The van der Waals surface area contributed by atoms with Crippen molar-refractivity contribution in [3.05, 3.63) is 46.2 Å². The number of nitrogens with one attached hydrogen (secondary N) is 1. The topological polar surface area (TPSA) is 42.6 Å². The molecule has 0 saturated carbocycles. The van der Waals surface area contributed by atoms with Gasteiger partial charge in [-0.3, -0.25) is 4.79 Å². The first-order valence-corrected chi connectivity index (χ1v) is 9.69. The summed E-state index contributed by atoms with van der Waals surface area (Å²) in [5.41, 5.74) is 3.42. The van der Waals surface area contributed by atoms with E-state index in [0.717, 1.165) is 55.2 Å². The molecule has 3 rings (SSSR count). The van der Waals surface area contributed by atoms with Crippen LogP contribution in [0.15, 0.2) is 24.3 Å². The third-order valence-corrected chi connectivity index (χ3v) is 5.20. The van der Waals surface area contributed by atoms with Crippen molar-refractivity contribution in [2.45, 2.75) is 27.2 Å². The molecule has 2 aromatic rings. The fourth-order valence-corrected chi connectivity index (χ4v) is 3.66. The standard InChI is InChI=1S/C20H27ClN4O/c1-14(2)12-18-19(20(26)24-10-8-23(4)9-11-24)15(3)25(22-18)17-7-5-6-16(21)13-17/h5-7,13-14H,8-12H2,1-4H3/p+1. The predicted molar refractivity (Wildman–Crippen MR) is 104 cm³/mol. The Labute approximate surface area is 160 Å². The molecule has 1 aliphatic rings. The van der Waals surface area contributed by atoms with Crippen LogP contribution in [0.5, 0.6) is 0 Å². The molecule has 0 aliphatic carbocycles. The molecule has 26 heavy (non-hydrogen) atoms. The first-order valence-electron chi connectivity index (χ1n) is 9.31. The fraction of sp³-hybridized carbons (Fsp3) is 0.500. The summed E-state index contributed by atoms with van der Waals surface area (Å²) in [7, 11) is 2.18. The number of carbonyl (C=O) groups excluding carboxylic acids is 1. The lowest BCUT2D eigenvalue weighted by Gasteiger charge is -2.30. The zero-order chi connectivity index (χ0) is 18.8. The van der Waals surface area contributed by atoms with Crippen LogP contribution in [-0.4, -0.2) is 53.8 Å². The van der Waals surface area contributed by atoms with Gasteiger partial charge < -0.3 is 9.80 Å². The maximum Gasteiger partial charge on any atom is 0.258 e. The normalized spacial score (nSPS) is 15.7. The summed E-state index contributed by atoms with van der Waals surface area (Å²) in [5, 5.41) is 5.46. The van der Waals surface area contributed by atoms with E-state index in [-0.39, 0.29) is 5.91 Å². The molecule has 1 N–H and O–H groups in total. The molecule has 1 aliphatic heterocycles. The highest BCUT2D eigenvalue weighted by atomic mass is 35.5. The summed E-state index contributed by atoms with van der Waals surface area (Å²) in [5.74, 6) is 0.541. The van der Waals surface area contributed by atoms with Crippen molar-refractivity contribution in [1.82, 2.24) is 14.7 Å². The number of likely N-dealkylation sites (N-methyl/N-ethyl adjacent to an activating group) is 1. The number of amides is 1. The molecular weight excluding hydrogens is 348 g/mol. The average molecular weight is 376 g/mol. The van der Waals surface area contributed by atoms with E-state index < -0.39 is 0 Å². The minimum Gasteiger partial charge on any atom is -0.334 e. The zero-order valence-electron chi connectivity index (χ0n) is 16.1. The lowest BCUT2D eigenvalue weighted by atomic mass is 10.0. The quantitative estimate of drug-likeness (QED) is 0.888. The van der Waals surface area contributed by atoms with Crippen LogP contribution in [0.2, 0.25) is 5.02 Å². The van der Waals surface area contributed by atoms with Crippen LogP contribution in [0.3, 0.4) is 0 Å². The molecule has 5 nitrogen and oxygen atoms in total. The van der Waals surface area contributed by atoms with Gasteiger partial charge in [0.2, 0.25) is 0 Å². The molecule has 1 saturated heterocycles. The largest absolute Gasteiger partial charge is 0.334 e. The van der Waals surface area contributed by atoms with Crippen LogP contribution in [0.4, 0.5) is 0 Å². The van der Waals surface area contributed by atoms with Gasteiger partial charge in [0.05, 0.1) is 55.9 Å². The van der Waals surface area contributed by atoms with Crippen molar-refractivity contribution in [2.75, 3.05) is 33.2 Å². The molecule has 0 radical (unpaired) electrons. The third-order valence-electron chi connectivity index (χ3n) is 4.96. The SMILES string of the molecule is Cc1c(C(=O)N2CC[NH+](C)CC2)c(CC(C)C)nn1-c1cccc(Cl)c1. The third kappa shape index (κ3) is 3.94. The van der Waals surface area contributed by atoms with E-state index in [2.05, 4.69) is 20.9 Å². The van der Waals surface area contributed by atoms with E-state index in [4.69, 9.17) is 16.7 Å². The Morgan fingerprint density at radius 2 is 2.00 bits per heavy atom. The Balaban J connectivity index is 2.01. The van der Waals surface area contributed by atoms with Gasteiger partial charge in [0.15, 0.2) is 0 Å². The van der Waals surface area contributed by atoms with Crippen LogP contribution in [0, 0.1) is 12.8 Å². The highest BCUT2D eigenvalue weighted by molar-refractivity contribution is 6.30. The van der Waals surface area contributed by atoms with E-state index in [9.17, 15) is 4.79 Å². The number of aromatic nitrogens is 2. The average Bonchev–Trinajstić information content (AvgIpc) is 2.90. The molecule has 1 amide bonds. The lowest BCUT2D eigenvalue weighted by Crippen LogP contribution is -3.12. The summed E-state index contributed by atoms with van der Waals surface area (Å²) < 4.78 is 1.86. The molecule has 140 valence electrons. The minimum absolute atomic E-state index is 0.110. The Hall–Kier alpha value is -1.85. The van der Waals surface area contributed by atoms with Crippen LogP contribution in [0.1, 0.15) is 35.6 Å². The Morgan fingerprint density at radius 1 is 1.31 bits per heavy atom. The van der Waals surface area contributed by atoms with Crippen LogP contribution < -0.4 is 4.90 Å². The number of benzene rings is 1. The second-order valence-electron chi connectivity index (χ2n) is 7.65. The molecule has 0 bridgehead atoms. The van der Waals surface area contributed by atoms with Crippen molar-refractivity contribution in [2.24, 2.45) is 5.92 Å². The Bertz CT molecular complexity index is 791. The lowest BCUT2D eigenvalue weighted by molar-refractivity contribution is -0.883. The molecule has 6 heteroatoms. The first kappa shape index (κ1) is 18.9. The zero-order valence-corrected chi connectivity index (χ0v) is 16.8. The molecule has 0 atom stereocenters. The number of quaternary nitrogens is 1. The summed E-state index contributed by atoms with van der Waals surface area (Å²) in [6.07, 6.45) is 0.786. The fourth-order valence-electron chi connectivity index (χ4n) is 3.48. The number of halogens is 1. The first-order chi connectivity index (χ1) is 12.4. The second kappa shape index (κ2) is 7.80. The molecule has 0 spiro atoms. The van der Waals surface area contributed by atoms with E-state index in [1.165, 1.54) is 4.90 Å². The van der Waals surface area contributed by atoms with Gasteiger partial charge in [-0.15, -0.1) is 0 Å². The van der Waals surface area contributed by atoms with Gasteiger partial charge in [0.1, 0.15) is 0 Å². The summed E-state index contributed by atoms with van der Waals surface area (Å²) in [6, 6.07) is 7.61. The number of nitrogens with zero attached hydrogens (tertiary/aromatic N) is 3. The van der Waals surface area contributed by atoms with Crippen molar-refractivity contribution in [1.29, 1.82) is 0 Å². The second-order valence-corrected chi connectivity index (χ2v) is 8.08. The van der Waals surface area contributed by atoms with Crippen molar-refractivity contribution in [3.63, 3.8) is 0 Å². The highest BCUT2D eigenvalue weighted by Gasteiger charge is 2.29. The van der Waals surface area contributed by atoms with Crippen LogP contribution in [-0.2, 0) is 6.42 Å². The molecule has 1 aromatic heterocycles. The van der Waals surface area contributed by atoms with E-state index in [0.29, 0.717) is 10.9 Å². The smallest absolute Gasteiger partial charge is 0.258 e. The van der Waals surface area contributed by atoms with Gasteiger partial charge in [-0.1, -0.05) is 31.5 Å². The number of carbonyl (C=O) groups is 1. The van der Waals surface area contributed by atoms with E-state index >= 15 is 0 Å². The summed E-state index contributed by atoms with van der Waals surface area (Å²) in [6.45, 7) is 9.87. The van der Waals surface area contributed by atoms with Gasteiger partial charge in [0.25, 0.3) is 5.91 Å². The number of rotatable bonds is 4. The van der Waals surface area contributed by atoms with Gasteiger partial charge in [-0.05, 0) is 37.5 Å². The molecule has 0 unspecified atom stereocenters. The maximum atomic E-state index is 13.3. The summed E-state index contributed by atoms with van der Waals surface area (Å²) >= 11 is 6.16. The van der Waals surface area contributed by atoms with Gasteiger partial charge in [0, 0.05) is 5.02 Å². The number of hydrogen-bond donors (Lipinski definition) is 1. The van der Waals surface area contributed by atoms with Crippen LogP contribution >= 0.6 is 11.6 Å². The van der Waals surface area contributed by atoms with Gasteiger partial charge in [-0.2, -0.15) is 5.10 Å². The predicted octanol–water partition coefficient (Wildman–Crippen LogP) is 2.00. The highest BCUT2D eigenvalue weighted by Crippen LogP contribution is 2.24.